The second-order valence-electron chi connectivity index (χ2n) is 7.33. The topological polar surface area (TPSA) is 114 Å². The zero-order valence-electron chi connectivity index (χ0n) is 18.9. The van der Waals surface area contributed by atoms with E-state index in [1.807, 2.05) is 44.2 Å². The Morgan fingerprint density at radius 2 is 1.67 bits per heavy atom. The maximum Gasteiger partial charge on any atom is 0.319 e. The molecular weight excluding hydrogens is 442 g/mol. The number of urea groups is 1. The second-order valence-corrected chi connectivity index (χ2v) is 8.31. The Morgan fingerprint density at radius 3 is 2.27 bits per heavy atom. The Morgan fingerprint density at radius 1 is 1.00 bits per heavy atom. The average Bonchev–Trinajstić information content (AvgIpc) is 3.30. The third kappa shape index (κ3) is 6.42. The van der Waals surface area contributed by atoms with Crippen LogP contribution < -0.4 is 25.4 Å². The van der Waals surface area contributed by atoms with Crippen molar-refractivity contribution >= 4 is 34.1 Å². The van der Waals surface area contributed by atoms with Crippen molar-refractivity contribution in [2.24, 2.45) is 5.92 Å². The number of benzene rings is 2. The van der Waals surface area contributed by atoms with E-state index >= 15 is 0 Å². The van der Waals surface area contributed by atoms with Gasteiger partial charge in [-0.05, 0) is 5.92 Å². The highest BCUT2D eigenvalue weighted by Crippen LogP contribution is 2.27. The van der Waals surface area contributed by atoms with E-state index in [4.69, 9.17) is 9.47 Å². The summed E-state index contributed by atoms with van der Waals surface area (Å²) in [6.45, 7) is 3.85. The first-order valence-corrected chi connectivity index (χ1v) is 11.3. The molecule has 174 valence electrons. The van der Waals surface area contributed by atoms with Crippen LogP contribution in [0.15, 0.2) is 48.5 Å². The lowest BCUT2D eigenvalue weighted by molar-refractivity contribution is -0.119. The Hall–Kier alpha value is -3.66. The molecule has 3 rings (SSSR count). The predicted molar refractivity (Wildman–Crippen MR) is 129 cm³/mol. The third-order valence-electron chi connectivity index (χ3n) is 5.07. The summed E-state index contributed by atoms with van der Waals surface area (Å²) < 4.78 is 10.5. The van der Waals surface area contributed by atoms with E-state index in [0.717, 1.165) is 5.56 Å². The fraction of sp³-hybridized carbons (Fsp3) is 0.304. The molecular formula is C23H27N5O4S. The van der Waals surface area contributed by atoms with E-state index < -0.39 is 12.1 Å². The lowest BCUT2D eigenvalue weighted by atomic mass is 9.98. The molecule has 0 saturated heterocycles. The largest absolute Gasteiger partial charge is 0.497 e. The second kappa shape index (κ2) is 11.3. The van der Waals surface area contributed by atoms with Crippen LogP contribution in [0.25, 0.3) is 10.6 Å². The highest BCUT2D eigenvalue weighted by atomic mass is 32.1. The van der Waals surface area contributed by atoms with Crippen LogP contribution >= 0.6 is 11.3 Å². The fourth-order valence-electron chi connectivity index (χ4n) is 3.04. The zero-order chi connectivity index (χ0) is 23.8. The number of methoxy groups -OCH3 is 2. The molecule has 0 aliphatic carbocycles. The van der Waals surface area contributed by atoms with Gasteiger partial charge in [0.05, 0.1) is 14.2 Å². The van der Waals surface area contributed by atoms with Crippen molar-refractivity contribution in [3.8, 4) is 22.1 Å². The minimum atomic E-state index is -0.772. The number of hydrogen-bond donors (Lipinski definition) is 3. The minimum Gasteiger partial charge on any atom is -0.497 e. The van der Waals surface area contributed by atoms with Gasteiger partial charge in [0.25, 0.3) is 0 Å². The maximum absolute atomic E-state index is 13.0. The molecule has 3 aromatic rings. The van der Waals surface area contributed by atoms with Gasteiger partial charge in [-0.15, -0.1) is 10.2 Å². The normalized spacial score (nSPS) is 12.4. The molecule has 1 aromatic heterocycles. The van der Waals surface area contributed by atoms with Crippen molar-refractivity contribution in [2.45, 2.75) is 26.3 Å². The quantitative estimate of drug-likeness (QED) is 0.428. The van der Waals surface area contributed by atoms with Crippen molar-refractivity contribution in [3.05, 3.63) is 48.5 Å². The van der Waals surface area contributed by atoms with Gasteiger partial charge in [0, 0.05) is 29.4 Å². The van der Waals surface area contributed by atoms with Crippen molar-refractivity contribution in [3.63, 3.8) is 0 Å². The fourth-order valence-corrected chi connectivity index (χ4v) is 3.80. The Balaban J connectivity index is 1.69. The monoisotopic (exact) mass is 469 g/mol. The van der Waals surface area contributed by atoms with Crippen LogP contribution in [0.3, 0.4) is 0 Å². The summed E-state index contributed by atoms with van der Waals surface area (Å²) in [7, 11) is 3.05. The van der Waals surface area contributed by atoms with Gasteiger partial charge in [-0.25, -0.2) is 4.79 Å². The van der Waals surface area contributed by atoms with Gasteiger partial charge in [-0.3, -0.25) is 10.1 Å². The zero-order valence-corrected chi connectivity index (χ0v) is 19.7. The first kappa shape index (κ1) is 24.0. The van der Waals surface area contributed by atoms with Gasteiger partial charge in [0.15, 0.2) is 0 Å². The number of aromatic nitrogens is 2. The summed E-state index contributed by atoms with van der Waals surface area (Å²) in [5.41, 5.74) is 1.39. The smallest absolute Gasteiger partial charge is 0.319 e. The Labute approximate surface area is 196 Å². The van der Waals surface area contributed by atoms with Gasteiger partial charge in [-0.2, -0.15) is 0 Å². The van der Waals surface area contributed by atoms with Gasteiger partial charge in [0.1, 0.15) is 22.5 Å². The number of hydrogen-bond acceptors (Lipinski definition) is 7. The van der Waals surface area contributed by atoms with E-state index in [1.54, 1.807) is 18.2 Å². The molecule has 10 heteroatoms. The van der Waals surface area contributed by atoms with Gasteiger partial charge in [-0.1, -0.05) is 61.9 Å². The SMILES string of the molecule is CC[C@@H](C)[C@H](NC(=O)Nc1cc(OC)cc(OC)c1)C(=O)Nc1nnc(-c2ccccc2)s1. The van der Waals surface area contributed by atoms with Crippen LogP contribution in [0, 0.1) is 5.92 Å². The van der Waals surface area contributed by atoms with E-state index in [2.05, 4.69) is 26.1 Å². The van der Waals surface area contributed by atoms with Crippen LogP contribution in [0.1, 0.15) is 20.3 Å². The van der Waals surface area contributed by atoms with Gasteiger partial charge < -0.3 is 20.1 Å². The number of nitrogens with one attached hydrogen (secondary N) is 3. The van der Waals surface area contributed by atoms with E-state index in [-0.39, 0.29) is 11.8 Å². The predicted octanol–water partition coefficient (Wildman–Crippen LogP) is 4.40. The summed E-state index contributed by atoms with van der Waals surface area (Å²) in [6.07, 6.45) is 0.691. The molecule has 0 spiro atoms. The van der Waals surface area contributed by atoms with Crippen LogP contribution in [-0.4, -0.2) is 42.4 Å². The van der Waals surface area contributed by atoms with Gasteiger partial charge >= 0.3 is 6.03 Å². The van der Waals surface area contributed by atoms with Crippen LogP contribution in [-0.2, 0) is 4.79 Å². The minimum absolute atomic E-state index is 0.114. The van der Waals surface area contributed by atoms with E-state index in [0.29, 0.717) is 33.7 Å². The maximum atomic E-state index is 13.0. The molecule has 9 nitrogen and oxygen atoms in total. The molecule has 2 aromatic carbocycles. The van der Waals surface area contributed by atoms with Crippen molar-refractivity contribution in [2.75, 3.05) is 24.9 Å². The standard InChI is InChI=1S/C23H27N5O4S/c1-5-14(2)19(25-22(30)24-16-11-17(31-3)13-18(12-16)32-4)20(29)26-23-28-27-21(33-23)15-9-7-6-8-10-15/h6-14,19H,5H2,1-4H3,(H2,24,25,30)(H,26,28,29)/t14-,19+/m1/s1. The summed E-state index contributed by atoms with van der Waals surface area (Å²) in [6, 6.07) is 13.3. The Bertz CT molecular complexity index is 1070. The molecule has 0 bridgehead atoms. The van der Waals surface area contributed by atoms with E-state index in [9.17, 15) is 9.59 Å². The van der Waals surface area contributed by atoms with Crippen molar-refractivity contribution < 1.29 is 19.1 Å². The number of nitrogens with zero attached hydrogens (tertiary/aromatic N) is 2. The van der Waals surface area contributed by atoms with Crippen molar-refractivity contribution in [1.82, 2.24) is 15.5 Å². The molecule has 0 aliphatic heterocycles. The third-order valence-corrected chi connectivity index (χ3v) is 5.95. The number of ether oxygens (including phenoxy) is 2. The number of carbonyl (C=O) groups excluding carboxylic acids is 2. The van der Waals surface area contributed by atoms with E-state index in [1.165, 1.54) is 25.6 Å². The molecule has 0 aliphatic rings. The first-order chi connectivity index (χ1) is 15.9. The molecule has 33 heavy (non-hydrogen) atoms. The number of anilines is 2. The molecule has 0 saturated carbocycles. The van der Waals surface area contributed by atoms with Crippen LogP contribution in [0.4, 0.5) is 15.6 Å². The summed E-state index contributed by atoms with van der Waals surface area (Å²) >= 11 is 1.27. The highest BCUT2D eigenvalue weighted by molar-refractivity contribution is 7.18. The highest BCUT2D eigenvalue weighted by Gasteiger charge is 2.27. The molecule has 1 heterocycles. The summed E-state index contributed by atoms with van der Waals surface area (Å²) in [4.78, 5) is 25.7. The summed E-state index contributed by atoms with van der Waals surface area (Å²) in [5, 5.41) is 17.5. The van der Waals surface area contributed by atoms with Gasteiger partial charge in [0.2, 0.25) is 11.0 Å². The molecule has 0 unspecified atom stereocenters. The molecule has 0 radical (unpaired) electrons. The molecule has 0 fully saturated rings. The average molecular weight is 470 g/mol. The first-order valence-electron chi connectivity index (χ1n) is 10.4. The molecule has 3 N–H and O–H groups in total. The number of amides is 3. The lowest BCUT2D eigenvalue weighted by Crippen LogP contribution is -2.49. The Kier molecular flexibility index (Phi) is 8.20. The lowest BCUT2D eigenvalue weighted by Gasteiger charge is -2.23. The molecule has 3 amide bonds. The summed E-state index contributed by atoms with van der Waals surface area (Å²) in [5.74, 6) is 0.591. The van der Waals surface area contributed by atoms with Crippen molar-refractivity contribution in [1.29, 1.82) is 0 Å². The number of rotatable bonds is 9. The van der Waals surface area contributed by atoms with Crippen LogP contribution in [0.2, 0.25) is 0 Å². The van der Waals surface area contributed by atoms with Crippen LogP contribution in [0.5, 0.6) is 11.5 Å². The molecule has 2 atom stereocenters. The number of carbonyl (C=O) groups is 2.